The molecule has 0 unspecified atom stereocenters. The van der Waals surface area contributed by atoms with Gasteiger partial charge in [0.15, 0.2) is 5.58 Å². The molecular formula is C12H8FNO2. The lowest BCUT2D eigenvalue weighted by Crippen LogP contribution is -2.06. The van der Waals surface area contributed by atoms with Crippen molar-refractivity contribution in [3.05, 3.63) is 45.2 Å². The lowest BCUT2D eigenvalue weighted by Gasteiger charge is -2.02. The maximum atomic E-state index is 13.1. The Morgan fingerprint density at radius 3 is 3.06 bits per heavy atom. The van der Waals surface area contributed by atoms with Crippen molar-refractivity contribution in [1.29, 1.82) is 0 Å². The lowest BCUT2D eigenvalue weighted by molar-refractivity contribution is 0.548. The molecular weight excluding hydrogens is 209 g/mol. The Morgan fingerprint density at radius 2 is 2.25 bits per heavy atom. The van der Waals surface area contributed by atoms with E-state index in [2.05, 4.69) is 4.98 Å². The van der Waals surface area contributed by atoms with E-state index < -0.39 is 5.95 Å². The second-order valence-electron chi connectivity index (χ2n) is 3.93. The number of fused-ring (bicyclic) bond motifs is 3. The number of allylic oxidation sites excluding steroid dienone is 1. The van der Waals surface area contributed by atoms with Gasteiger partial charge >= 0.3 is 5.63 Å². The average molecular weight is 217 g/mol. The van der Waals surface area contributed by atoms with Crippen LogP contribution in [0.5, 0.6) is 0 Å². The Balaban J connectivity index is 2.46. The molecule has 3 nitrogen and oxygen atoms in total. The van der Waals surface area contributed by atoms with E-state index in [4.69, 9.17) is 4.42 Å². The first-order chi connectivity index (χ1) is 7.65. The molecule has 2 aromatic rings. The number of rotatable bonds is 0. The van der Waals surface area contributed by atoms with Crippen molar-refractivity contribution in [2.45, 2.75) is 13.3 Å². The van der Waals surface area contributed by atoms with Crippen molar-refractivity contribution in [1.82, 2.24) is 4.98 Å². The molecule has 0 aliphatic heterocycles. The lowest BCUT2D eigenvalue weighted by atomic mass is 10.1. The van der Waals surface area contributed by atoms with Gasteiger partial charge in [0.2, 0.25) is 5.95 Å². The highest BCUT2D eigenvalue weighted by molar-refractivity contribution is 5.82. The topological polar surface area (TPSA) is 43.1 Å². The third kappa shape index (κ3) is 1.19. The summed E-state index contributed by atoms with van der Waals surface area (Å²) in [6, 6.07) is 2.62. The van der Waals surface area contributed by atoms with Gasteiger partial charge in [0.25, 0.3) is 0 Å². The first-order valence-electron chi connectivity index (χ1n) is 4.94. The Kier molecular flexibility index (Phi) is 1.74. The summed E-state index contributed by atoms with van der Waals surface area (Å²) in [5.41, 5.74) is 2.73. The minimum absolute atomic E-state index is 0.341. The zero-order valence-corrected chi connectivity index (χ0v) is 8.58. The number of hydrogen-bond donors (Lipinski definition) is 0. The van der Waals surface area contributed by atoms with Crippen LogP contribution in [0.3, 0.4) is 0 Å². The van der Waals surface area contributed by atoms with Gasteiger partial charge in [0, 0.05) is 5.56 Å². The standard InChI is InChI=1S/C12H8FNO2/c1-6-4-7-8(5-6)12(15)16-9-2-3-10(13)14-11(7)9/h2-3,5H,4H2,1H3. The van der Waals surface area contributed by atoms with Crippen LogP contribution in [0.15, 0.2) is 26.9 Å². The molecule has 0 amide bonds. The van der Waals surface area contributed by atoms with Crippen LogP contribution in [0.2, 0.25) is 0 Å². The van der Waals surface area contributed by atoms with E-state index in [0.717, 1.165) is 11.1 Å². The van der Waals surface area contributed by atoms with Crippen LogP contribution in [-0.2, 0) is 6.42 Å². The summed E-state index contributed by atoms with van der Waals surface area (Å²) in [6.07, 6.45) is 2.40. The summed E-state index contributed by atoms with van der Waals surface area (Å²) in [5, 5.41) is 0. The van der Waals surface area contributed by atoms with Gasteiger partial charge in [-0.05, 0) is 31.6 Å². The van der Waals surface area contributed by atoms with E-state index >= 15 is 0 Å². The fraction of sp³-hybridized carbons (Fsp3) is 0.167. The highest BCUT2D eigenvalue weighted by Gasteiger charge is 2.19. The van der Waals surface area contributed by atoms with Crippen molar-refractivity contribution in [3.63, 3.8) is 0 Å². The number of aromatic nitrogens is 1. The largest absolute Gasteiger partial charge is 0.421 e. The van der Waals surface area contributed by atoms with Crippen molar-refractivity contribution in [2.24, 2.45) is 0 Å². The van der Waals surface area contributed by atoms with Gasteiger partial charge in [-0.2, -0.15) is 4.39 Å². The third-order valence-electron chi connectivity index (χ3n) is 2.70. The minimum Gasteiger partial charge on any atom is -0.421 e. The Hall–Kier alpha value is -1.97. The summed E-state index contributed by atoms with van der Waals surface area (Å²) in [7, 11) is 0. The summed E-state index contributed by atoms with van der Waals surface area (Å²) in [4.78, 5) is 15.4. The maximum Gasteiger partial charge on any atom is 0.343 e. The van der Waals surface area contributed by atoms with Crippen LogP contribution in [0, 0.1) is 5.95 Å². The maximum absolute atomic E-state index is 13.1. The van der Waals surface area contributed by atoms with E-state index in [0.29, 0.717) is 23.1 Å². The van der Waals surface area contributed by atoms with Crippen LogP contribution in [0.4, 0.5) is 4.39 Å². The zero-order chi connectivity index (χ0) is 11.3. The molecule has 0 radical (unpaired) electrons. The minimum atomic E-state index is -0.562. The van der Waals surface area contributed by atoms with Crippen LogP contribution in [0.1, 0.15) is 18.1 Å². The van der Waals surface area contributed by atoms with Crippen molar-refractivity contribution >= 4 is 17.2 Å². The molecule has 16 heavy (non-hydrogen) atoms. The molecule has 80 valence electrons. The van der Waals surface area contributed by atoms with E-state index in [-0.39, 0.29) is 5.63 Å². The van der Waals surface area contributed by atoms with E-state index in [9.17, 15) is 9.18 Å². The Bertz CT molecular complexity index is 685. The molecule has 3 rings (SSSR count). The first-order valence-corrected chi connectivity index (χ1v) is 4.94. The predicted octanol–water partition coefficient (Wildman–Crippen LogP) is 2.29. The van der Waals surface area contributed by atoms with Gasteiger partial charge in [-0.3, -0.25) is 0 Å². The summed E-state index contributed by atoms with van der Waals surface area (Å²) >= 11 is 0. The SMILES string of the molecule is CC1=Cc2c(c3nc(F)ccc3oc2=O)C1. The zero-order valence-electron chi connectivity index (χ0n) is 8.58. The smallest absolute Gasteiger partial charge is 0.343 e. The van der Waals surface area contributed by atoms with Crippen LogP contribution < -0.4 is 5.63 Å². The highest BCUT2D eigenvalue weighted by atomic mass is 19.1. The normalized spacial score (nSPS) is 14.0. The van der Waals surface area contributed by atoms with Gasteiger partial charge in [-0.15, -0.1) is 0 Å². The summed E-state index contributed by atoms with van der Waals surface area (Å²) < 4.78 is 18.1. The van der Waals surface area contributed by atoms with E-state index in [1.54, 1.807) is 6.08 Å². The molecule has 0 spiro atoms. The second-order valence-corrected chi connectivity index (χ2v) is 3.93. The molecule has 1 aliphatic carbocycles. The molecule has 0 N–H and O–H groups in total. The molecule has 2 aromatic heterocycles. The van der Waals surface area contributed by atoms with E-state index in [1.807, 2.05) is 6.92 Å². The third-order valence-corrected chi connectivity index (χ3v) is 2.70. The molecule has 0 fully saturated rings. The monoisotopic (exact) mass is 217 g/mol. The van der Waals surface area contributed by atoms with Gasteiger partial charge in [-0.1, -0.05) is 5.57 Å². The van der Waals surface area contributed by atoms with Crippen molar-refractivity contribution in [2.75, 3.05) is 0 Å². The van der Waals surface area contributed by atoms with Gasteiger partial charge in [-0.25, -0.2) is 9.78 Å². The Labute approximate surface area is 90.2 Å². The molecule has 4 heteroatoms. The number of hydrogen-bond acceptors (Lipinski definition) is 3. The van der Waals surface area contributed by atoms with Gasteiger partial charge < -0.3 is 4.42 Å². The molecule has 0 atom stereocenters. The number of nitrogens with zero attached hydrogens (tertiary/aromatic N) is 1. The first kappa shape index (κ1) is 9.27. The summed E-state index contributed by atoms with van der Waals surface area (Å²) in [6.45, 7) is 1.92. The quantitative estimate of drug-likeness (QED) is 0.636. The fourth-order valence-corrected chi connectivity index (χ4v) is 2.03. The molecule has 0 aromatic carbocycles. The molecule has 1 aliphatic rings. The summed E-state index contributed by atoms with van der Waals surface area (Å²) in [5.74, 6) is -0.562. The average Bonchev–Trinajstić information content (AvgIpc) is 2.62. The van der Waals surface area contributed by atoms with E-state index in [1.165, 1.54) is 12.1 Å². The van der Waals surface area contributed by atoms with Crippen LogP contribution >= 0.6 is 0 Å². The van der Waals surface area contributed by atoms with Crippen LogP contribution in [-0.4, -0.2) is 4.98 Å². The fourth-order valence-electron chi connectivity index (χ4n) is 2.03. The number of pyridine rings is 1. The number of halogens is 1. The predicted molar refractivity (Wildman–Crippen MR) is 57.6 cm³/mol. The van der Waals surface area contributed by atoms with Crippen molar-refractivity contribution < 1.29 is 8.81 Å². The van der Waals surface area contributed by atoms with Gasteiger partial charge in [0.05, 0.1) is 5.56 Å². The molecule has 0 saturated carbocycles. The molecule has 2 heterocycles. The van der Waals surface area contributed by atoms with Crippen molar-refractivity contribution in [3.8, 4) is 0 Å². The molecule has 0 bridgehead atoms. The second kappa shape index (κ2) is 3.01. The highest BCUT2D eigenvalue weighted by Crippen LogP contribution is 2.27. The Morgan fingerprint density at radius 1 is 1.44 bits per heavy atom. The van der Waals surface area contributed by atoms with Gasteiger partial charge in [0.1, 0.15) is 5.52 Å². The van der Waals surface area contributed by atoms with Crippen LogP contribution in [0.25, 0.3) is 17.2 Å². The molecule has 0 saturated heterocycles.